The van der Waals surface area contributed by atoms with Gasteiger partial charge in [-0.05, 0) is 154 Å². The highest BCUT2D eigenvalue weighted by Gasteiger charge is 2.33. The van der Waals surface area contributed by atoms with Crippen LogP contribution in [0, 0.1) is 0 Å². The third-order valence-corrected chi connectivity index (χ3v) is 12.4. The zero-order valence-corrected chi connectivity index (χ0v) is 32.1. The first-order chi connectivity index (χ1) is 28.8. The first-order valence-electron chi connectivity index (χ1n) is 20.6. The maximum Gasteiger partial charge on any atom is 0.151 e. The minimum Gasteiger partial charge on any atom is -0.453 e. The fraction of sp³-hybridized carbons (Fsp3) is 0.111. The predicted molar refractivity (Wildman–Crippen MR) is 238 cm³/mol. The summed E-state index contributed by atoms with van der Waals surface area (Å²) >= 11 is 0. The van der Waals surface area contributed by atoms with E-state index in [1.807, 2.05) is 0 Å². The minimum absolute atomic E-state index is 0.875. The second-order valence-electron chi connectivity index (χ2n) is 15.8. The fourth-order valence-corrected chi connectivity index (χ4v) is 9.86. The van der Waals surface area contributed by atoms with E-state index in [1.165, 1.54) is 66.7 Å². The Labute approximate surface area is 338 Å². The number of aryl methyl sites for hydroxylation is 1. The molecular formula is C54H40N2O2. The van der Waals surface area contributed by atoms with Crippen LogP contribution in [0.4, 0.5) is 22.7 Å². The average Bonchev–Trinajstić information content (AvgIpc) is 3.29. The van der Waals surface area contributed by atoms with E-state index in [1.54, 1.807) is 0 Å². The lowest BCUT2D eigenvalue weighted by molar-refractivity contribution is 0.421. The Morgan fingerprint density at radius 3 is 1.97 bits per heavy atom. The molecule has 278 valence electrons. The van der Waals surface area contributed by atoms with Gasteiger partial charge in [0.2, 0.25) is 0 Å². The molecule has 2 heterocycles. The van der Waals surface area contributed by atoms with Gasteiger partial charge in [0.15, 0.2) is 17.2 Å². The van der Waals surface area contributed by atoms with E-state index < -0.39 is 0 Å². The second-order valence-corrected chi connectivity index (χ2v) is 15.8. The van der Waals surface area contributed by atoms with E-state index in [0.717, 1.165) is 84.3 Å². The SMILES string of the molecule is C1=CC2=C(CC1)N(c1ccc3c(-c4ccc5c(c4)CCC=C5)c4c(c(-c5ccccc5)c3c1)C=C(N1c3ccccc3Oc3ccccc31)CC4)c1ccccc1O2. The Bertz CT molecular complexity index is 2920. The van der Waals surface area contributed by atoms with Crippen LogP contribution in [-0.4, -0.2) is 0 Å². The summed E-state index contributed by atoms with van der Waals surface area (Å²) in [6.07, 6.45) is 17.3. The van der Waals surface area contributed by atoms with Gasteiger partial charge in [-0.1, -0.05) is 109 Å². The van der Waals surface area contributed by atoms with Crippen molar-refractivity contribution in [1.82, 2.24) is 0 Å². The van der Waals surface area contributed by atoms with E-state index >= 15 is 0 Å². The molecule has 0 spiro atoms. The summed E-state index contributed by atoms with van der Waals surface area (Å²) in [5.41, 5.74) is 17.4. The summed E-state index contributed by atoms with van der Waals surface area (Å²) in [5.74, 6) is 3.56. The van der Waals surface area contributed by atoms with Crippen molar-refractivity contribution in [2.24, 2.45) is 0 Å². The molecule has 12 rings (SSSR count). The Morgan fingerprint density at radius 1 is 0.483 bits per heavy atom. The third kappa shape index (κ3) is 5.21. The van der Waals surface area contributed by atoms with Crippen molar-refractivity contribution in [3.05, 3.63) is 197 Å². The van der Waals surface area contributed by atoms with Gasteiger partial charge >= 0.3 is 0 Å². The van der Waals surface area contributed by atoms with Crippen molar-refractivity contribution in [2.45, 2.75) is 38.5 Å². The zero-order valence-electron chi connectivity index (χ0n) is 32.1. The number of anilines is 4. The van der Waals surface area contributed by atoms with E-state index in [0.29, 0.717) is 0 Å². The first kappa shape index (κ1) is 33.1. The summed E-state index contributed by atoms with van der Waals surface area (Å²) < 4.78 is 13.0. The Morgan fingerprint density at radius 2 is 1.17 bits per heavy atom. The first-order valence-corrected chi connectivity index (χ1v) is 20.6. The van der Waals surface area contributed by atoms with Crippen LogP contribution < -0.4 is 19.3 Å². The topological polar surface area (TPSA) is 24.9 Å². The van der Waals surface area contributed by atoms with Crippen LogP contribution in [0.1, 0.15) is 47.9 Å². The number of nitrogens with zero attached hydrogens (tertiary/aromatic N) is 2. The van der Waals surface area contributed by atoms with Gasteiger partial charge in [-0.25, -0.2) is 0 Å². The van der Waals surface area contributed by atoms with Crippen LogP contribution in [0.3, 0.4) is 0 Å². The van der Waals surface area contributed by atoms with Gasteiger partial charge in [0, 0.05) is 11.4 Å². The predicted octanol–water partition coefficient (Wildman–Crippen LogP) is 14.5. The van der Waals surface area contributed by atoms with Gasteiger partial charge in [-0.15, -0.1) is 0 Å². The molecule has 58 heavy (non-hydrogen) atoms. The number of benzene rings is 7. The van der Waals surface area contributed by atoms with Crippen molar-refractivity contribution in [3.63, 3.8) is 0 Å². The lowest BCUT2D eigenvalue weighted by atomic mass is 9.78. The molecular weight excluding hydrogens is 709 g/mol. The molecule has 0 atom stereocenters. The molecule has 4 heteroatoms. The molecule has 4 nitrogen and oxygen atoms in total. The number of hydrogen-bond donors (Lipinski definition) is 0. The minimum atomic E-state index is 0.875. The number of hydrogen-bond acceptors (Lipinski definition) is 4. The number of fused-ring (bicyclic) bond motifs is 6. The number of allylic oxidation sites excluding steroid dienone is 5. The van der Waals surface area contributed by atoms with E-state index in [2.05, 4.69) is 180 Å². The summed E-state index contributed by atoms with van der Waals surface area (Å²) in [6.45, 7) is 0. The molecule has 0 bridgehead atoms. The van der Waals surface area contributed by atoms with Crippen molar-refractivity contribution >= 4 is 45.7 Å². The van der Waals surface area contributed by atoms with Crippen molar-refractivity contribution < 1.29 is 9.47 Å². The Balaban J connectivity index is 1.16. The molecule has 0 N–H and O–H groups in total. The second kappa shape index (κ2) is 13.3. The third-order valence-electron chi connectivity index (χ3n) is 12.4. The van der Waals surface area contributed by atoms with Gasteiger partial charge in [0.25, 0.3) is 0 Å². The molecule has 0 aromatic heterocycles. The summed E-state index contributed by atoms with van der Waals surface area (Å²) in [6, 6.07) is 50.7. The van der Waals surface area contributed by atoms with Crippen molar-refractivity contribution in [1.29, 1.82) is 0 Å². The van der Waals surface area contributed by atoms with E-state index in [-0.39, 0.29) is 0 Å². The van der Waals surface area contributed by atoms with Crippen molar-refractivity contribution in [2.75, 3.05) is 9.80 Å². The highest BCUT2D eigenvalue weighted by atomic mass is 16.5. The normalized spacial score (nSPS) is 16.0. The Hall–Kier alpha value is -7.04. The number of para-hydroxylation sites is 6. The van der Waals surface area contributed by atoms with Gasteiger partial charge < -0.3 is 19.3 Å². The maximum absolute atomic E-state index is 6.51. The van der Waals surface area contributed by atoms with Gasteiger partial charge in [0.1, 0.15) is 5.76 Å². The zero-order chi connectivity index (χ0) is 38.2. The summed E-state index contributed by atoms with van der Waals surface area (Å²) in [4.78, 5) is 4.88. The molecule has 7 aromatic carbocycles. The molecule has 0 amide bonds. The molecule has 5 aliphatic rings. The van der Waals surface area contributed by atoms with Gasteiger partial charge in [0.05, 0.1) is 22.8 Å². The van der Waals surface area contributed by atoms with Crippen LogP contribution >= 0.6 is 0 Å². The number of ether oxygens (including phenoxy) is 2. The van der Waals surface area contributed by atoms with E-state index in [4.69, 9.17) is 9.47 Å². The highest BCUT2D eigenvalue weighted by molar-refractivity contribution is 6.12. The molecule has 2 aliphatic heterocycles. The van der Waals surface area contributed by atoms with Crippen molar-refractivity contribution in [3.8, 4) is 39.5 Å². The molecule has 0 fully saturated rings. The Kier molecular flexibility index (Phi) is 7.59. The van der Waals surface area contributed by atoms with Gasteiger partial charge in [-0.3, -0.25) is 0 Å². The molecule has 0 saturated heterocycles. The quantitative estimate of drug-likeness (QED) is 0.179. The summed E-state index contributed by atoms with van der Waals surface area (Å²) in [7, 11) is 0. The van der Waals surface area contributed by atoms with Crippen LogP contribution in [0.2, 0.25) is 0 Å². The molecule has 3 aliphatic carbocycles. The lowest BCUT2D eigenvalue weighted by Gasteiger charge is -2.37. The standard InChI is InChI=1S/C54H40N2O2/c1-2-15-36(16-3-1)53-43-33-39(55-45-18-6-10-22-49(45)57-50-23-11-7-19-46(50)55)28-30-41(43)54(38-27-26-35-14-4-5-17-37(35)32-38)42-31-29-40(34-44(42)53)56-47-20-8-12-24-51(47)58-52-25-13-9-21-48(52)56/h1-4,6-8,10-16,18-20,22-27,29,31-34H,5,9,17,21,28,30H2. The number of rotatable bonds is 4. The largest absolute Gasteiger partial charge is 0.453 e. The maximum atomic E-state index is 6.51. The highest BCUT2D eigenvalue weighted by Crippen LogP contribution is 2.53. The molecule has 0 saturated carbocycles. The van der Waals surface area contributed by atoms with Crippen LogP contribution in [-0.2, 0) is 12.8 Å². The smallest absolute Gasteiger partial charge is 0.151 e. The molecule has 0 unspecified atom stereocenters. The lowest BCUT2D eigenvalue weighted by Crippen LogP contribution is -2.25. The van der Waals surface area contributed by atoms with Crippen LogP contribution in [0.5, 0.6) is 17.2 Å². The van der Waals surface area contributed by atoms with E-state index in [9.17, 15) is 0 Å². The van der Waals surface area contributed by atoms with Crippen LogP contribution in [0.15, 0.2) is 175 Å². The van der Waals surface area contributed by atoms with Crippen LogP contribution in [0.25, 0.3) is 45.2 Å². The van der Waals surface area contributed by atoms with Gasteiger partial charge in [-0.2, -0.15) is 0 Å². The monoisotopic (exact) mass is 748 g/mol. The molecule has 0 radical (unpaired) electrons. The average molecular weight is 749 g/mol. The fourth-order valence-electron chi connectivity index (χ4n) is 9.86. The summed E-state index contributed by atoms with van der Waals surface area (Å²) in [5, 5.41) is 2.53. The molecule has 7 aromatic rings.